The van der Waals surface area contributed by atoms with E-state index in [-0.39, 0.29) is 0 Å². The molecule has 0 saturated carbocycles. The van der Waals surface area contributed by atoms with Crippen LogP contribution in [0.1, 0.15) is 0 Å². The van der Waals surface area contributed by atoms with Gasteiger partial charge in [0.05, 0.1) is 17.7 Å². The molecule has 22 heavy (non-hydrogen) atoms. The maximum atomic E-state index is 6.13. The van der Waals surface area contributed by atoms with Gasteiger partial charge < -0.3 is 9.15 Å². The van der Waals surface area contributed by atoms with Crippen LogP contribution in [0.2, 0.25) is 10.0 Å². The van der Waals surface area contributed by atoms with Crippen LogP contribution in [0.3, 0.4) is 0 Å². The highest BCUT2D eigenvalue weighted by Gasteiger charge is 2.13. The molecule has 0 amide bonds. The van der Waals surface area contributed by atoms with E-state index in [1.54, 1.807) is 25.3 Å². The van der Waals surface area contributed by atoms with Gasteiger partial charge in [-0.15, -0.1) is 10.2 Å². The minimum Gasteiger partial charge on any atom is -0.497 e. The van der Waals surface area contributed by atoms with Crippen LogP contribution in [0.15, 0.2) is 57.0 Å². The zero-order valence-electron chi connectivity index (χ0n) is 11.4. The molecule has 0 N–H and O–H groups in total. The first-order valence-corrected chi connectivity index (χ1v) is 7.84. The average Bonchev–Trinajstić information content (AvgIpc) is 2.96. The molecular weight excluding hydrogens is 343 g/mol. The van der Waals surface area contributed by atoms with Gasteiger partial charge in [0, 0.05) is 9.92 Å². The van der Waals surface area contributed by atoms with E-state index in [9.17, 15) is 0 Å². The summed E-state index contributed by atoms with van der Waals surface area (Å²) in [4.78, 5) is 0.971. The van der Waals surface area contributed by atoms with Gasteiger partial charge >= 0.3 is 0 Å². The Morgan fingerprint density at radius 1 is 1.05 bits per heavy atom. The molecule has 0 aliphatic carbocycles. The predicted molar refractivity (Wildman–Crippen MR) is 86.9 cm³/mol. The van der Waals surface area contributed by atoms with Crippen molar-refractivity contribution < 1.29 is 9.15 Å². The molecule has 4 nitrogen and oxygen atoms in total. The molecule has 0 radical (unpaired) electrons. The van der Waals surface area contributed by atoms with Crippen molar-refractivity contribution in [3.05, 3.63) is 52.5 Å². The zero-order valence-corrected chi connectivity index (χ0v) is 13.7. The minimum atomic E-state index is 0.359. The van der Waals surface area contributed by atoms with E-state index in [1.807, 2.05) is 24.3 Å². The third-order valence-corrected chi connectivity index (χ3v) is 4.23. The standard InChI is InChI=1S/C15H10Cl2N2O2S/c1-20-10-3-5-11(6-4-10)22-15-19-18-14(21-15)12-7-2-9(16)8-13(12)17/h2-8H,1H3. The van der Waals surface area contributed by atoms with Crippen molar-refractivity contribution in [1.82, 2.24) is 10.2 Å². The highest BCUT2D eigenvalue weighted by atomic mass is 35.5. The fourth-order valence-corrected chi connectivity index (χ4v) is 2.93. The van der Waals surface area contributed by atoms with Crippen molar-refractivity contribution >= 4 is 35.0 Å². The second kappa shape index (κ2) is 6.60. The molecule has 0 fully saturated rings. The molecule has 3 aromatic rings. The number of benzene rings is 2. The van der Waals surface area contributed by atoms with Crippen molar-refractivity contribution in [2.24, 2.45) is 0 Å². The Hall–Kier alpha value is -1.69. The summed E-state index contributed by atoms with van der Waals surface area (Å²) in [6.07, 6.45) is 0. The number of aromatic nitrogens is 2. The van der Waals surface area contributed by atoms with E-state index >= 15 is 0 Å². The minimum absolute atomic E-state index is 0.359. The van der Waals surface area contributed by atoms with Crippen LogP contribution in [0.25, 0.3) is 11.5 Å². The SMILES string of the molecule is COc1ccc(Sc2nnc(-c3ccc(Cl)cc3Cl)o2)cc1. The van der Waals surface area contributed by atoms with Gasteiger partial charge in [0.2, 0.25) is 5.89 Å². The number of halogens is 2. The molecular formula is C15H10Cl2N2O2S. The van der Waals surface area contributed by atoms with Gasteiger partial charge in [-0.25, -0.2) is 0 Å². The van der Waals surface area contributed by atoms with Gasteiger partial charge in [-0.1, -0.05) is 23.2 Å². The van der Waals surface area contributed by atoms with Crippen molar-refractivity contribution in [2.45, 2.75) is 10.1 Å². The van der Waals surface area contributed by atoms with E-state index < -0.39 is 0 Å². The fourth-order valence-electron chi connectivity index (χ4n) is 1.77. The molecule has 2 aromatic carbocycles. The summed E-state index contributed by atoms with van der Waals surface area (Å²) >= 11 is 13.4. The van der Waals surface area contributed by atoms with Crippen molar-refractivity contribution in [3.8, 4) is 17.2 Å². The highest BCUT2D eigenvalue weighted by Crippen LogP contribution is 2.33. The molecule has 3 rings (SSSR count). The summed E-state index contributed by atoms with van der Waals surface area (Å²) in [5.41, 5.74) is 0.653. The van der Waals surface area contributed by atoms with Crippen LogP contribution in [0, 0.1) is 0 Å². The summed E-state index contributed by atoms with van der Waals surface area (Å²) in [6.45, 7) is 0. The number of ether oxygens (including phenoxy) is 1. The normalized spacial score (nSPS) is 10.7. The predicted octanol–water partition coefficient (Wildman–Crippen LogP) is 5.20. The lowest BCUT2D eigenvalue weighted by Crippen LogP contribution is -1.81. The van der Waals surface area contributed by atoms with Gasteiger partial charge in [0.25, 0.3) is 5.22 Å². The molecule has 0 aliphatic rings. The molecule has 7 heteroatoms. The quantitative estimate of drug-likeness (QED) is 0.645. The molecule has 0 aliphatic heterocycles. The topological polar surface area (TPSA) is 48.2 Å². The monoisotopic (exact) mass is 352 g/mol. The van der Waals surface area contributed by atoms with Crippen LogP contribution >= 0.6 is 35.0 Å². The second-order valence-electron chi connectivity index (χ2n) is 4.27. The number of hydrogen-bond donors (Lipinski definition) is 0. The summed E-state index contributed by atoms with van der Waals surface area (Å²) in [5, 5.41) is 9.50. The Bertz CT molecular complexity index is 790. The highest BCUT2D eigenvalue weighted by molar-refractivity contribution is 7.99. The lowest BCUT2D eigenvalue weighted by Gasteiger charge is -2.00. The van der Waals surface area contributed by atoms with Gasteiger partial charge in [0.15, 0.2) is 0 Å². The van der Waals surface area contributed by atoms with E-state index in [0.717, 1.165) is 10.6 Å². The molecule has 0 spiro atoms. The van der Waals surface area contributed by atoms with Crippen molar-refractivity contribution in [2.75, 3.05) is 7.11 Å². The van der Waals surface area contributed by atoms with Gasteiger partial charge in [-0.2, -0.15) is 0 Å². The molecule has 1 heterocycles. The Morgan fingerprint density at radius 3 is 2.50 bits per heavy atom. The first-order chi connectivity index (χ1) is 10.7. The van der Waals surface area contributed by atoms with Gasteiger partial charge in [-0.05, 0) is 54.2 Å². The zero-order chi connectivity index (χ0) is 15.5. The van der Waals surface area contributed by atoms with Crippen LogP contribution in [0.4, 0.5) is 0 Å². The van der Waals surface area contributed by atoms with Crippen molar-refractivity contribution in [3.63, 3.8) is 0 Å². The molecule has 0 unspecified atom stereocenters. The maximum absolute atomic E-state index is 6.13. The van der Waals surface area contributed by atoms with Crippen molar-refractivity contribution in [1.29, 1.82) is 0 Å². The van der Waals surface area contributed by atoms with Crippen LogP contribution in [0.5, 0.6) is 5.75 Å². The largest absolute Gasteiger partial charge is 0.497 e. The van der Waals surface area contributed by atoms with Crippen LogP contribution < -0.4 is 4.74 Å². The Labute approximate surface area is 141 Å². The Morgan fingerprint density at radius 2 is 1.82 bits per heavy atom. The third kappa shape index (κ3) is 3.38. The van der Waals surface area contributed by atoms with E-state index in [2.05, 4.69) is 10.2 Å². The lowest BCUT2D eigenvalue weighted by molar-refractivity contribution is 0.414. The third-order valence-electron chi connectivity index (χ3n) is 2.83. The van der Waals surface area contributed by atoms with E-state index in [4.69, 9.17) is 32.4 Å². The molecule has 0 atom stereocenters. The molecule has 0 saturated heterocycles. The molecule has 0 bridgehead atoms. The average molecular weight is 353 g/mol. The van der Waals surface area contributed by atoms with Crippen LogP contribution in [-0.4, -0.2) is 17.3 Å². The maximum Gasteiger partial charge on any atom is 0.281 e. The molecule has 1 aromatic heterocycles. The smallest absolute Gasteiger partial charge is 0.281 e. The van der Waals surface area contributed by atoms with Crippen LogP contribution in [-0.2, 0) is 0 Å². The first-order valence-electron chi connectivity index (χ1n) is 6.26. The first kappa shape index (κ1) is 15.2. The second-order valence-corrected chi connectivity index (χ2v) is 6.14. The van der Waals surface area contributed by atoms with E-state index in [0.29, 0.717) is 26.7 Å². The number of hydrogen-bond acceptors (Lipinski definition) is 5. The number of methoxy groups -OCH3 is 1. The van der Waals surface area contributed by atoms with Gasteiger partial charge in [-0.3, -0.25) is 0 Å². The van der Waals surface area contributed by atoms with E-state index in [1.165, 1.54) is 11.8 Å². The fraction of sp³-hybridized carbons (Fsp3) is 0.0667. The Kier molecular flexibility index (Phi) is 4.57. The summed E-state index contributed by atoms with van der Waals surface area (Å²) in [5.74, 6) is 1.15. The lowest BCUT2D eigenvalue weighted by atomic mass is 10.2. The number of rotatable bonds is 4. The number of nitrogens with zero attached hydrogens (tertiary/aromatic N) is 2. The summed E-state index contributed by atoms with van der Waals surface area (Å²) in [6, 6.07) is 12.7. The Balaban J connectivity index is 1.81. The summed E-state index contributed by atoms with van der Waals surface area (Å²) < 4.78 is 10.8. The molecule has 112 valence electrons. The summed E-state index contributed by atoms with van der Waals surface area (Å²) in [7, 11) is 1.63. The van der Waals surface area contributed by atoms with Gasteiger partial charge in [0.1, 0.15) is 5.75 Å².